The lowest BCUT2D eigenvalue weighted by molar-refractivity contribution is 0.0586. The molecule has 1 aromatic carbocycles. The summed E-state index contributed by atoms with van der Waals surface area (Å²) in [7, 11) is 1.32. The van der Waals surface area contributed by atoms with E-state index in [4.69, 9.17) is 0 Å². The highest BCUT2D eigenvalue weighted by molar-refractivity contribution is 5.85. The fourth-order valence-electron chi connectivity index (χ4n) is 1.75. The number of aromatic nitrogens is 2. The number of ether oxygens (including phenoxy) is 1. The van der Waals surface area contributed by atoms with Crippen LogP contribution in [0.15, 0.2) is 30.3 Å². The number of aryl methyl sites for hydroxylation is 2. The molecule has 4 nitrogen and oxygen atoms in total. The number of rotatable bonds is 2. The van der Waals surface area contributed by atoms with Gasteiger partial charge in [0.05, 0.1) is 12.8 Å². The molecule has 1 heterocycles. The minimum Gasteiger partial charge on any atom is -0.463 e. The van der Waals surface area contributed by atoms with E-state index in [1.165, 1.54) is 7.11 Å². The summed E-state index contributed by atoms with van der Waals surface area (Å²) in [6.07, 6.45) is 0. The Hall–Kier alpha value is -2.23. The van der Waals surface area contributed by atoms with Gasteiger partial charge < -0.3 is 4.74 Å². The maximum atomic E-state index is 11.5. The van der Waals surface area contributed by atoms with Crippen molar-refractivity contribution in [2.75, 3.05) is 7.11 Å². The van der Waals surface area contributed by atoms with E-state index < -0.39 is 5.97 Å². The minimum atomic E-state index is -0.520. The fourth-order valence-corrected chi connectivity index (χ4v) is 1.75. The van der Waals surface area contributed by atoms with Gasteiger partial charge in [-0.2, -0.15) is 0 Å². The first-order chi connectivity index (χ1) is 8.61. The van der Waals surface area contributed by atoms with Gasteiger partial charge in [-0.1, -0.05) is 24.3 Å². The summed E-state index contributed by atoms with van der Waals surface area (Å²) in [5.41, 5.74) is 3.57. The molecule has 0 bridgehead atoms. The van der Waals surface area contributed by atoms with Crippen molar-refractivity contribution in [2.24, 2.45) is 0 Å². The van der Waals surface area contributed by atoms with E-state index in [1.54, 1.807) is 0 Å². The van der Waals surface area contributed by atoms with Crippen LogP contribution < -0.4 is 0 Å². The summed E-state index contributed by atoms with van der Waals surface area (Å²) in [5.74, 6) is -0.427. The Kier molecular flexibility index (Phi) is 3.37. The third-order valence-electron chi connectivity index (χ3n) is 2.64. The van der Waals surface area contributed by atoms with Crippen molar-refractivity contribution in [3.05, 3.63) is 47.4 Å². The second-order valence-electron chi connectivity index (χ2n) is 4.02. The Bertz CT molecular complexity index is 594. The zero-order valence-corrected chi connectivity index (χ0v) is 10.6. The van der Waals surface area contributed by atoms with Crippen LogP contribution >= 0.6 is 0 Å². The van der Waals surface area contributed by atoms with Crippen molar-refractivity contribution in [3.8, 4) is 11.3 Å². The van der Waals surface area contributed by atoms with E-state index in [9.17, 15) is 4.79 Å². The maximum absolute atomic E-state index is 11.5. The van der Waals surface area contributed by atoms with Crippen LogP contribution in [0.3, 0.4) is 0 Å². The third-order valence-corrected chi connectivity index (χ3v) is 2.64. The number of nitrogens with zero attached hydrogens (tertiary/aromatic N) is 2. The van der Waals surface area contributed by atoms with Crippen LogP contribution in [0.25, 0.3) is 11.3 Å². The summed E-state index contributed by atoms with van der Waals surface area (Å²) in [6, 6.07) is 9.74. The molecule has 0 unspecified atom stereocenters. The van der Waals surface area contributed by atoms with E-state index in [1.807, 2.05) is 44.2 Å². The largest absolute Gasteiger partial charge is 0.463 e. The number of hydrogen-bond donors (Lipinski definition) is 0. The van der Waals surface area contributed by atoms with Gasteiger partial charge in [0, 0.05) is 11.3 Å². The first kappa shape index (κ1) is 12.2. The smallest absolute Gasteiger partial charge is 0.376 e. The van der Waals surface area contributed by atoms with Crippen LogP contribution in [0.5, 0.6) is 0 Å². The third kappa shape index (κ3) is 2.37. The highest BCUT2D eigenvalue weighted by Crippen LogP contribution is 2.21. The van der Waals surface area contributed by atoms with Crippen molar-refractivity contribution in [2.45, 2.75) is 13.8 Å². The lowest BCUT2D eigenvalue weighted by atomic mass is 10.1. The van der Waals surface area contributed by atoms with Gasteiger partial charge in [-0.15, -0.1) is 0 Å². The van der Waals surface area contributed by atoms with E-state index in [-0.39, 0.29) is 5.82 Å². The topological polar surface area (TPSA) is 52.1 Å². The van der Waals surface area contributed by atoms with Gasteiger partial charge in [-0.3, -0.25) is 0 Å². The zero-order valence-electron chi connectivity index (χ0n) is 10.6. The van der Waals surface area contributed by atoms with E-state index in [0.717, 1.165) is 22.5 Å². The first-order valence-electron chi connectivity index (χ1n) is 5.62. The summed E-state index contributed by atoms with van der Waals surface area (Å²) in [5, 5.41) is 0. The van der Waals surface area contributed by atoms with Gasteiger partial charge in [0.2, 0.25) is 5.82 Å². The number of methoxy groups -OCH3 is 1. The predicted molar refractivity (Wildman–Crippen MR) is 68.3 cm³/mol. The van der Waals surface area contributed by atoms with Gasteiger partial charge in [0.1, 0.15) is 0 Å². The molecule has 2 aromatic rings. The normalized spacial score (nSPS) is 10.2. The molecule has 0 radical (unpaired) electrons. The summed E-state index contributed by atoms with van der Waals surface area (Å²) in [4.78, 5) is 19.8. The molecule has 1 aromatic heterocycles. The molecule has 0 atom stereocenters. The molecular formula is C14H14N2O2. The molecule has 0 spiro atoms. The SMILES string of the molecule is COC(=O)c1nc(C)cc(-c2ccccc2C)n1. The Morgan fingerprint density at radius 3 is 2.56 bits per heavy atom. The van der Waals surface area contributed by atoms with Crippen LogP contribution in [0, 0.1) is 13.8 Å². The maximum Gasteiger partial charge on any atom is 0.376 e. The van der Waals surface area contributed by atoms with Crippen molar-refractivity contribution < 1.29 is 9.53 Å². The van der Waals surface area contributed by atoms with Crippen molar-refractivity contribution in [3.63, 3.8) is 0 Å². The molecule has 0 saturated carbocycles. The quantitative estimate of drug-likeness (QED) is 0.759. The van der Waals surface area contributed by atoms with Gasteiger partial charge in [-0.05, 0) is 25.5 Å². The highest BCUT2D eigenvalue weighted by Gasteiger charge is 2.13. The van der Waals surface area contributed by atoms with Crippen LogP contribution in [0.4, 0.5) is 0 Å². The molecule has 0 aliphatic heterocycles. The molecule has 0 fully saturated rings. The average Bonchev–Trinajstić information content (AvgIpc) is 2.37. The zero-order chi connectivity index (χ0) is 13.1. The molecule has 0 saturated heterocycles. The first-order valence-corrected chi connectivity index (χ1v) is 5.62. The van der Waals surface area contributed by atoms with Crippen LogP contribution in [-0.2, 0) is 4.74 Å². The van der Waals surface area contributed by atoms with E-state index in [2.05, 4.69) is 14.7 Å². The minimum absolute atomic E-state index is 0.0933. The average molecular weight is 242 g/mol. The fraction of sp³-hybridized carbons (Fsp3) is 0.214. The van der Waals surface area contributed by atoms with Crippen molar-refractivity contribution in [1.82, 2.24) is 9.97 Å². The lowest BCUT2D eigenvalue weighted by Gasteiger charge is -2.07. The molecule has 92 valence electrons. The number of benzene rings is 1. The molecule has 0 N–H and O–H groups in total. The molecule has 2 rings (SSSR count). The van der Waals surface area contributed by atoms with Crippen molar-refractivity contribution >= 4 is 5.97 Å². The summed E-state index contributed by atoms with van der Waals surface area (Å²) in [6.45, 7) is 3.83. The lowest BCUT2D eigenvalue weighted by Crippen LogP contribution is -2.09. The predicted octanol–water partition coefficient (Wildman–Crippen LogP) is 2.55. The Balaban J connectivity index is 2.55. The summed E-state index contributed by atoms with van der Waals surface area (Å²) >= 11 is 0. The van der Waals surface area contributed by atoms with Crippen LogP contribution in [0.1, 0.15) is 21.9 Å². The molecular weight excluding hydrogens is 228 g/mol. The van der Waals surface area contributed by atoms with Crippen LogP contribution in [0.2, 0.25) is 0 Å². The second kappa shape index (κ2) is 4.96. The monoisotopic (exact) mass is 242 g/mol. The van der Waals surface area contributed by atoms with Crippen LogP contribution in [-0.4, -0.2) is 23.0 Å². The molecule has 18 heavy (non-hydrogen) atoms. The van der Waals surface area contributed by atoms with Gasteiger partial charge in [0.15, 0.2) is 0 Å². The summed E-state index contributed by atoms with van der Waals surface area (Å²) < 4.78 is 4.65. The van der Waals surface area contributed by atoms with Gasteiger partial charge >= 0.3 is 5.97 Å². The number of hydrogen-bond acceptors (Lipinski definition) is 4. The van der Waals surface area contributed by atoms with Gasteiger partial charge in [0.25, 0.3) is 0 Å². The Labute approximate surface area is 106 Å². The van der Waals surface area contributed by atoms with Crippen molar-refractivity contribution in [1.29, 1.82) is 0 Å². The Morgan fingerprint density at radius 2 is 1.89 bits per heavy atom. The molecule has 4 heteroatoms. The number of carbonyl (C=O) groups excluding carboxylic acids is 1. The highest BCUT2D eigenvalue weighted by atomic mass is 16.5. The molecule has 0 aliphatic rings. The van der Waals surface area contributed by atoms with E-state index in [0.29, 0.717) is 0 Å². The van der Waals surface area contributed by atoms with E-state index >= 15 is 0 Å². The number of carbonyl (C=O) groups is 1. The standard InChI is InChI=1S/C14H14N2O2/c1-9-6-4-5-7-11(9)12-8-10(2)15-13(16-12)14(17)18-3/h4-8H,1-3H3. The Morgan fingerprint density at radius 1 is 1.17 bits per heavy atom. The second-order valence-corrected chi connectivity index (χ2v) is 4.02. The van der Waals surface area contributed by atoms with Gasteiger partial charge in [-0.25, -0.2) is 14.8 Å². The molecule has 0 amide bonds. The number of esters is 1. The molecule has 0 aliphatic carbocycles.